The smallest absolute Gasteiger partial charge is 0.263 e. The first kappa shape index (κ1) is 19.5. The summed E-state index contributed by atoms with van der Waals surface area (Å²) in [6.07, 6.45) is 1.81. The molecule has 1 aromatic carbocycles. The Labute approximate surface area is 168 Å². The van der Waals surface area contributed by atoms with Crippen LogP contribution in [0.4, 0.5) is 0 Å². The van der Waals surface area contributed by atoms with Crippen LogP contribution in [-0.2, 0) is 20.2 Å². The zero-order chi connectivity index (χ0) is 19.6. The molecule has 0 N–H and O–H groups in total. The highest BCUT2D eigenvalue weighted by Crippen LogP contribution is 2.23. The quantitative estimate of drug-likeness (QED) is 0.604. The lowest BCUT2D eigenvalue weighted by Crippen LogP contribution is -2.25. The number of hydrogen-bond donors (Lipinski definition) is 0. The number of amides is 1. The molecule has 0 aliphatic rings. The molecule has 0 fully saturated rings. The summed E-state index contributed by atoms with van der Waals surface area (Å²) in [5.74, 6) is 0.761. The van der Waals surface area contributed by atoms with Crippen molar-refractivity contribution in [1.82, 2.24) is 14.7 Å². The van der Waals surface area contributed by atoms with Crippen LogP contribution in [0.5, 0.6) is 5.75 Å². The summed E-state index contributed by atoms with van der Waals surface area (Å²) in [5, 5.41) is 6.90. The van der Waals surface area contributed by atoms with Crippen molar-refractivity contribution in [2.24, 2.45) is 7.05 Å². The van der Waals surface area contributed by atoms with Gasteiger partial charge in [0.05, 0.1) is 11.1 Å². The minimum atomic E-state index is -0.00293. The van der Waals surface area contributed by atoms with Crippen LogP contribution in [0.2, 0.25) is 5.02 Å². The molecule has 7 heteroatoms. The Morgan fingerprint density at radius 2 is 2.11 bits per heavy atom. The highest BCUT2D eigenvalue weighted by molar-refractivity contribution is 7.12. The lowest BCUT2D eigenvalue weighted by molar-refractivity contribution is 0.0789. The largest absolute Gasteiger partial charge is 0.489 e. The summed E-state index contributed by atoms with van der Waals surface area (Å²) >= 11 is 7.47. The summed E-state index contributed by atoms with van der Waals surface area (Å²) in [4.78, 5) is 15.1. The highest BCUT2D eigenvalue weighted by Gasteiger charge is 2.16. The van der Waals surface area contributed by atoms with E-state index in [2.05, 4.69) is 5.10 Å². The van der Waals surface area contributed by atoms with Gasteiger partial charge in [-0.25, -0.2) is 0 Å². The van der Waals surface area contributed by atoms with E-state index in [9.17, 15) is 4.79 Å². The average molecular weight is 404 g/mol. The van der Waals surface area contributed by atoms with Gasteiger partial charge in [-0.15, -0.1) is 11.3 Å². The Morgan fingerprint density at radius 1 is 1.33 bits per heavy atom. The van der Waals surface area contributed by atoms with Crippen molar-refractivity contribution < 1.29 is 9.53 Å². The van der Waals surface area contributed by atoms with Crippen molar-refractivity contribution in [3.63, 3.8) is 0 Å². The molecular formula is C20H22ClN3O2S. The topological polar surface area (TPSA) is 47.4 Å². The molecule has 0 unspecified atom stereocenters. The Hall–Kier alpha value is -2.31. The maximum atomic E-state index is 12.7. The molecule has 3 aromatic rings. The number of ether oxygens (including phenoxy) is 1. The van der Waals surface area contributed by atoms with Crippen molar-refractivity contribution in [2.75, 3.05) is 7.05 Å². The molecule has 142 valence electrons. The first-order valence-corrected chi connectivity index (χ1v) is 9.80. The van der Waals surface area contributed by atoms with Crippen molar-refractivity contribution in [1.29, 1.82) is 0 Å². The average Bonchev–Trinajstić information content (AvgIpc) is 3.24. The maximum Gasteiger partial charge on any atom is 0.263 e. The first-order chi connectivity index (χ1) is 12.8. The molecule has 0 saturated carbocycles. The minimum Gasteiger partial charge on any atom is -0.489 e. The predicted octanol–water partition coefficient (Wildman–Crippen LogP) is 4.60. The molecule has 0 spiro atoms. The van der Waals surface area contributed by atoms with Crippen LogP contribution in [0.15, 0.2) is 35.8 Å². The Bertz CT molecular complexity index is 964. The zero-order valence-electron chi connectivity index (χ0n) is 15.8. The minimum absolute atomic E-state index is 0.00293. The van der Waals surface area contributed by atoms with Crippen LogP contribution < -0.4 is 4.74 Å². The SMILES string of the molecule is Cc1cc(OCc2csc(C(=O)N(C)Cc3cnn(C)c3C)c2)ccc1Cl. The molecule has 2 heterocycles. The number of nitrogens with zero attached hydrogens (tertiary/aromatic N) is 3. The molecule has 2 aromatic heterocycles. The van der Waals surface area contributed by atoms with Gasteiger partial charge in [0.25, 0.3) is 5.91 Å². The van der Waals surface area contributed by atoms with E-state index < -0.39 is 0 Å². The first-order valence-electron chi connectivity index (χ1n) is 8.54. The van der Waals surface area contributed by atoms with Crippen molar-refractivity contribution in [3.05, 3.63) is 68.1 Å². The van der Waals surface area contributed by atoms with Gasteiger partial charge < -0.3 is 9.64 Å². The van der Waals surface area contributed by atoms with E-state index in [-0.39, 0.29) is 5.91 Å². The Morgan fingerprint density at radius 3 is 2.78 bits per heavy atom. The third-order valence-corrected chi connectivity index (χ3v) is 5.88. The van der Waals surface area contributed by atoms with E-state index in [0.29, 0.717) is 18.0 Å². The number of thiophene rings is 1. The van der Waals surface area contributed by atoms with Crippen LogP contribution in [0.3, 0.4) is 0 Å². The second kappa shape index (κ2) is 8.15. The summed E-state index contributed by atoms with van der Waals surface area (Å²) < 4.78 is 7.62. The second-order valence-corrected chi connectivity index (χ2v) is 7.88. The number of hydrogen-bond acceptors (Lipinski definition) is 4. The second-order valence-electron chi connectivity index (χ2n) is 6.56. The summed E-state index contributed by atoms with van der Waals surface area (Å²) in [6.45, 7) is 4.89. The molecule has 0 aliphatic heterocycles. The third kappa shape index (κ3) is 4.51. The molecule has 1 amide bonds. The van der Waals surface area contributed by atoms with Gasteiger partial charge in [0, 0.05) is 42.5 Å². The van der Waals surface area contributed by atoms with E-state index in [1.807, 2.05) is 55.2 Å². The number of halogens is 1. The summed E-state index contributed by atoms with van der Waals surface area (Å²) in [6, 6.07) is 7.47. The monoisotopic (exact) mass is 403 g/mol. The van der Waals surface area contributed by atoms with E-state index in [0.717, 1.165) is 33.2 Å². The van der Waals surface area contributed by atoms with Crippen LogP contribution >= 0.6 is 22.9 Å². The van der Waals surface area contributed by atoms with Crippen molar-refractivity contribution >= 4 is 28.8 Å². The fourth-order valence-corrected chi connectivity index (χ4v) is 3.66. The van der Waals surface area contributed by atoms with Crippen LogP contribution in [0, 0.1) is 13.8 Å². The molecule has 0 bridgehead atoms. The number of rotatable bonds is 6. The summed E-state index contributed by atoms with van der Waals surface area (Å²) in [5.41, 5.74) is 4.06. The maximum absolute atomic E-state index is 12.7. The van der Waals surface area contributed by atoms with Crippen LogP contribution in [0.1, 0.15) is 32.1 Å². The molecule has 3 rings (SSSR count). The van der Waals surface area contributed by atoms with Crippen LogP contribution in [-0.4, -0.2) is 27.6 Å². The van der Waals surface area contributed by atoms with Gasteiger partial charge in [0.1, 0.15) is 12.4 Å². The predicted molar refractivity (Wildman–Crippen MR) is 109 cm³/mol. The van der Waals surface area contributed by atoms with Gasteiger partial charge in [-0.1, -0.05) is 11.6 Å². The molecule has 0 atom stereocenters. The third-order valence-electron chi connectivity index (χ3n) is 4.49. The van der Waals surface area contributed by atoms with Gasteiger partial charge in [-0.2, -0.15) is 5.10 Å². The molecule has 0 aliphatic carbocycles. The van der Waals surface area contributed by atoms with Gasteiger partial charge in [0.15, 0.2) is 0 Å². The van der Waals surface area contributed by atoms with E-state index in [4.69, 9.17) is 16.3 Å². The number of carbonyl (C=O) groups excluding carboxylic acids is 1. The van der Waals surface area contributed by atoms with E-state index >= 15 is 0 Å². The number of aryl methyl sites for hydroxylation is 2. The standard InChI is InChI=1S/C20H22ClN3O2S/c1-13-7-17(5-6-18(13)21)26-11-15-8-19(27-12-15)20(25)23(3)10-16-9-22-24(4)14(16)2/h5-9,12H,10-11H2,1-4H3. The van der Waals surface area contributed by atoms with Gasteiger partial charge in [0.2, 0.25) is 0 Å². The highest BCUT2D eigenvalue weighted by atomic mass is 35.5. The molecular weight excluding hydrogens is 382 g/mol. The molecule has 0 radical (unpaired) electrons. The van der Waals surface area contributed by atoms with Gasteiger partial charge >= 0.3 is 0 Å². The number of benzene rings is 1. The molecule has 0 saturated heterocycles. The summed E-state index contributed by atoms with van der Waals surface area (Å²) in [7, 11) is 3.70. The van der Waals surface area contributed by atoms with Crippen molar-refractivity contribution in [2.45, 2.75) is 27.0 Å². The fourth-order valence-electron chi connectivity index (χ4n) is 2.65. The van der Waals surface area contributed by atoms with Crippen molar-refractivity contribution in [3.8, 4) is 5.75 Å². The molecule has 27 heavy (non-hydrogen) atoms. The van der Waals surface area contributed by atoms with Gasteiger partial charge in [-0.05, 0) is 49.1 Å². The number of aromatic nitrogens is 2. The zero-order valence-corrected chi connectivity index (χ0v) is 17.4. The normalized spacial score (nSPS) is 10.9. The van der Waals surface area contributed by atoms with E-state index in [1.54, 1.807) is 18.1 Å². The van der Waals surface area contributed by atoms with E-state index in [1.165, 1.54) is 11.3 Å². The lowest BCUT2D eigenvalue weighted by atomic mass is 10.2. The Balaban J connectivity index is 1.61. The van der Waals surface area contributed by atoms with Crippen LogP contribution in [0.25, 0.3) is 0 Å². The molecule has 5 nitrogen and oxygen atoms in total. The lowest BCUT2D eigenvalue weighted by Gasteiger charge is -2.15. The Kier molecular flexibility index (Phi) is 5.87. The number of carbonyl (C=O) groups is 1. The van der Waals surface area contributed by atoms with Gasteiger partial charge in [-0.3, -0.25) is 9.48 Å². The fraction of sp³-hybridized carbons (Fsp3) is 0.300.